The van der Waals surface area contributed by atoms with Gasteiger partial charge in [-0.25, -0.2) is 10.3 Å². The van der Waals surface area contributed by atoms with Crippen molar-refractivity contribution in [2.45, 2.75) is 52.3 Å². The summed E-state index contributed by atoms with van der Waals surface area (Å²) in [6, 6.07) is 15.7. The highest BCUT2D eigenvalue weighted by Gasteiger charge is 2.37. The molecule has 4 N–H and O–H groups in total. The van der Waals surface area contributed by atoms with Crippen molar-refractivity contribution in [1.29, 1.82) is 0 Å². The lowest BCUT2D eigenvalue weighted by Gasteiger charge is -2.39. The Labute approximate surface area is 227 Å². The number of para-hydroxylation sites is 1. The van der Waals surface area contributed by atoms with Crippen LogP contribution in [0.3, 0.4) is 0 Å². The molecular weight excluding hydrogens is 498 g/mol. The van der Waals surface area contributed by atoms with Crippen LogP contribution in [0.5, 0.6) is 5.75 Å². The number of aryl methyl sites for hydroxylation is 1. The van der Waals surface area contributed by atoms with Gasteiger partial charge in [0.1, 0.15) is 12.4 Å². The Balaban J connectivity index is 1.42. The van der Waals surface area contributed by atoms with Crippen molar-refractivity contribution in [2.75, 3.05) is 13.1 Å². The number of hydroxylamine groups is 1. The fourth-order valence-electron chi connectivity index (χ4n) is 4.71. The number of likely N-dealkylation sites (tertiary alicyclic amines) is 1. The van der Waals surface area contributed by atoms with E-state index in [9.17, 15) is 19.6 Å². The maximum Gasteiger partial charge on any atom is 0.317 e. The smallest absolute Gasteiger partial charge is 0.317 e. The number of piperidine rings is 1. The van der Waals surface area contributed by atoms with Crippen molar-refractivity contribution in [2.24, 2.45) is 5.92 Å². The summed E-state index contributed by atoms with van der Waals surface area (Å²) in [5, 5.41) is 16.0. The van der Waals surface area contributed by atoms with Gasteiger partial charge in [-0.3, -0.25) is 19.8 Å². The summed E-state index contributed by atoms with van der Waals surface area (Å²) in [6.45, 7) is 8.39. The third-order valence-corrected chi connectivity index (χ3v) is 6.59. The molecule has 206 valence electrons. The molecule has 3 aromatic rings. The van der Waals surface area contributed by atoms with Gasteiger partial charge in [-0.2, -0.15) is 0 Å². The molecule has 1 aliphatic rings. The van der Waals surface area contributed by atoms with E-state index in [4.69, 9.17) is 4.74 Å². The number of carbonyl (C=O) groups excluding carboxylic acids is 3. The van der Waals surface area contributed by atoms with Gasteiger partial charge in [0.25, 0.3) is 5.91 Å². The minimum Gasteiger partial charge on any atom is -0.489 e. The van der Waals surface area contributed by atoms with Gasteiger partial charge in [0.05, 0.1) is 17.5 Å². The van der Waals surface area contributed by atoms with E-state index < -0.39 is 29.3 Å². The van der Waals surface area contributed by atoms with Gasteiger partial charge in [-0.15, -0.1) is 0 Å². The molecule has 10 nitrogen and oxygen atoms in total. The fraction of sp³-hybridized carbons (Fsp3) is 0.379. The lowest BCUT2D eigenvalue weighted by atomic mass is 9.90. The van der Waals surface area contributed by atoms with Gasteiger partial charge in [0, 0.05) is 40.8 Å². The molecule has 2 aromatic carbocycles. The second-order valence-electron chi connectivity index (χ2n) is 10.8. The predicted molar refractivity (Wildman–Crippen MR) is 146 cm³/mol. The zero-order chi connectivity index (χ0) is 28.2. The van der Waals surface area contributed by atoms with Crippen molar-refractivity contribution >= 4 is 28.7 Å². The van der Waals surface area contributed by atoms with Crippen LogP contribution >= 0.6 is 0 Å². The van der Waals surface area contributed by atoms with E-state index in [1.807, 2.05) is 58.0 Å². The average molecular weight is 534 g/mol. The van der Waals surface area contributed by atoms with Crippen molar-refractivity contribution in [3.63, 3.8) is 0 Å². The molecule has 0 unspecified atom stereocenters. The number of benzene rings is 2. The van der Waals surface area contributed by atoms with Crippen LogP contribution in [0.2, 0.25) is 0 Å². The van der Waals surface area contributed by atoms with Crippen LogP contribution in [-0.4, -0.2) is 57.6 Å². The Morgan fingerprint density at radius 3 is 2.51 bits per heavy atom. The molecule has 0 radical (unpaired) electrons. The zero-order valence-corrected chi connectivity index (χ0v) is 22.7. The van der Waals surface area contributed by atoms with E-state index in [-0.39, 0.29) is 12.6 Å². The lowest BCUT2D eigenvalue weighted by Crippen LogP contribution is -2.60. The second kappa shape index (κ2) is 11.7. The van der Waals surface area contributed by atoms with Crippen LogP contribution in [0.25, 0.3) is 10.9 Å². The summed E-state index contributed by atoms with van der Waals surface area (Å²) in [5.74, 6) is -1.07. The summed E-state index contributed by atoms with van der Waals surface area (Å²) < 4.78 is 5.99. The Bertz CT molecular complexity index is 1350. The molecule has 2 atom stereocenters. The molecule has 10 heteroatoms. The molecule has 1 aromatic heterocycles. The summed E-state index contributed by atoms with van der Waals surface area (Å²) in [6.07, 6.45) is 0.296. The zero-order valence-electron chi connectivity index (χ0n) is 22.7. The first-order chi connectivity index (χ1) is 18.5. The molecule has 0 bridgehead atoms. The summed E-state index contributed by atoms with van der Waals surface area (Å²) in [4.78, 5) is 44.2. The molecule has 0 spiro atoms. The molecule has 1 aliphatic heterocycles. The van der Waals surface area contributed by atoms with Crippen molar-refractivity contribution in [3.05, 3.63) is 71.4 Å². The summed E-state index contributed by atoms with van der Waals surface area (Å²) >= 11 is 0. The van der Waals surface area contributed by atoms with Crippen LogP contribution in [0.15, 0.2) is 54.6 Å². The number of hydrogen-bond acceptors (Lipinski definition) is 6. The quantitative estimate of drug-likeness (QED) is 0.283. The standard InChI is InChI=1S/C29H35N5O5/c1-18-15-20(22-7-5-6-8-24(22)30-18)17-39-21-11-9-19(10-12-21)26(35)31-25-16-34(28(37)32-29(2,3)4)14-13-23(25)27(36)33-38/h5-12,15,23,25,38H,13-14,16-17H2,1-4H3,(H,31,35)(H,32,37)(H,33,36)/t23-,25+/m0/s1. The Morgan fingerprint density at radius 1 is 1.10 bits per heavy atom. The number of amides is 4. The number of urea groups is 1. The van der Waals surface area contributed by atoms with Gasteiger partial charge in [-0.1, -0.05) is 18.2 Å². The molecule has 4 amide bonds. The predicted octanol–water partition coefficient (Wildman–Crippen LogP) is 3.56. The fourth-order valence-corrected chi connectivity index (χ4v) is 4.71. The number of hydrogen-bond donors (Lipinski definition) is 4. The molecule has 1 fully saturated rings. The van der Waals surface area contributed by atoms with E-state index in [1.165, 1.54) is 0 Å². The maximum absolute atomic E-state index is 13.1. The van der Waals surface area contributed by atoms with E-state index in [0.717, 1.165) is 22.2 Å². The van der Waals surface area contributed by atoms with E-state index in [1.54, 1.807) is 34.6 Å². The Morgan fingerprint density at radius 2 is 1.82 bits per heavy atom. The minimum absolute atomic E-state index is 0.131. The number of nitrogens with zero attached hydrogens (tertiary/aromatic N) is 2. The van der Waals surface area contributed by atoms with Crippen molar-refractivity contribution in [1.82, 2.24) is 26.0 Å². The molecule has 0 aliphatic carbocycles. The van der Waals surface area contributed by atoms with Gasteiger partial charge in [0.2, 0.25) is 5.91 Å². The number of fused-ring (bicyclic) bond motifs is 1. The number of carbonyl (C=O) groups is 3. The molecular formula is C29H35N5O5. The minimum atomic E-state index is -0.682. The van der Waals surface area contributed by atoms with Gasteiger partial charge >= 0.3 is 6.03 Å². The summed E-state index contributed by atoms with van der Waals surface area (Å²) in [7, 11) is 0. The first-order valence-electron chi connectivity index (χ1n) is 12.9. The topological polar surface area (TPSA) is 133 Å². The Hall–Kier alpha value is -4.18. The molecule has 4 rings (SSSR count). The summed E-state index contributed by atoms with van der Waals surface area (Å²) in [5.41, 5.74) is 4.47. The SMILES string of the molecule is Cc1cc(COc2ccc(C(=O)N[C@@H]3CN(C(=O)NC(C)(C)C)CC[C@@H]3C(=O)NO)cc2)c2ccccc2n1. The Kier molecular flexibility index (Phi) is 8.35. The van der Waals surface area contributed by atoms with Gasteiger partial charge in [-0.05, 0) is 70.5 Å². The highest BCUT2D eigenvalue weighted by atomic mass is 16.5. The van der Waals surface area contributed by atoms with Crippen molar-refractivity contribution in [3.8, 4) is 5.75 Å². The molecule has 39 heavy (non-hydrogen) atoms. The number of rotatable bonds is 6. The van der Waals surface area contributed by atoms with Crippen LogP contribution in [0, 0.1) is 12.8 Å². The van der Waals surface area contributed by atoms with E-state index in [0.29, 0.717) is 30.9 Å². The lowest BCUT2D eigenvalue weighted by molar-refractivity contribution is -0.135. The van der Waals surface area contributed by atoms with Crippen LogP contribution in [-0.2, 0) is 11.4 Å². The largest absolute Gasteiger partial charge is 0.489 e. The number of pyridine rings is 1. The normalized spacial score (nSPS) is 17.4. The first kappa shape index (κ1) is 27.8. The maximum atomic E-state index is 13.1. The first-order valence-corrected chi connectivity index (χ1v) is 12.9. The van der Waals surface area contributed by atoms with Gasteiger partial charge in [0.15, 0.2) is 0 Å². The van der Waals surface area contributed by atoms with Crippen LogP contribution < -0.4 is 20.9 Å². The second-order valence-corrected chi connectivity index (χ2v) is 10.8. The van der Waals surface area contributed by atoms with Crippen LogP contribution in [0.4, 0.5) is 4.79 Å². The third-order valence-electron chi connectivity index (χ3n) is 6.59. The number of nitrogens with one attached hydrogen (secondary N) is 3. The van der Waals surface area contributed by atoms with Crippen molar-refractivity contribution < 1.29 is 24.3 Å². The molecule has 0 saturated carbocycles. The highest BCUT2D eigenvalue weighted by molar-refractivity contribution is 5.95. The van der Waals surface area contributed by atoms with Gasteiger partial charge < -0.3 is 20.3 Å². The molecule has 1 saturated heterocycles. The molecule has 2 heterocycles. The van der Waals surface area contributed by atoms with E-state index >= 15 is 0 Å². The average Bonchev–Trinajstić information content (AvgIpc) is 2.90. The van der Waals surface area contributed by atoms with E-state index in [2.05, 4.69) is 15.6 Å². The van der Waals surface area contributed by atoms with Crippen LogP contribution in [0.1, 0.15) is 48.8 Å². The third kappa shape index (κ3) is 7.02. The monoisotopic (exact) mass is 533 g/mol. The number of aromatic nitrogens is 1. The highest BCUT2D eigenvalue weighted by Crippen LogP contribution is 2.22. The number of ether oxygens (including phenoxy) is 1.